The van der Waals surface area contributed by atoms with E-state index in [1.807, 2.05) is 13.8 Å². The van der Waals surface area contributed by atoms with Crippen LogP contribution in [0.15, 0.2) is 34.1 Å². The molecular formula is C10H16N2O4S2. The highest BCUT2D eigenvalue weighted by Crippen LogP contribution is 2.19. The molecule has 0 saturated heterocycles. The normalized spacial score (nSPS) is 12.9. The van der Waals surface area contributed by atoms with Crippen molar-refractivity contribution < 1.29 is 16.8 Å². The Bertz CT molecular complexity index is 621. The molecule has 1 aromatic carbocycles. The topological polar surface area (TPSA) is 106 Å². The third kappa shape index (κ3) is 3.77. The van der Waals surface area contributed by atoms with Gasteiger partial charge < -0.3 is 0 Å². The third-order valence-corrected chi connectivity index (χ3v) is 4.71. The molecule has 0 atom stereocenters. The third-order valence-electron chi connectivity index (χ3n) is 2.13. The van der Waals surface area contributed by atoms with Crippen LogP contribution in [0.5, 0.6) is 0 Å². The predicted octanol–water partition coefficient (Wildman–Crippen LogP) is 0.268. The van der Waals surface area contributed by atoms with Gasteiger partial charge in [-0.2, -0.15) is 0 Å². The van der Waals surface area contributed by atoms with Gasteiger partial charge >= 0.3 is 0 Å². The largest absolute Gasteiger partial charge is 0.241 e. The van der Waals surface area contributed by atoms with Crippen molar-refractivity contribution in [3.8, 4) is 0 Å². The van der Waals surface area contributed by atoms with Gasteiger partial charge in [0, 0.05) is 6.54 Å². The van der Waals surface area contributed by atoms with E-state index in [0.717, 1.165) is 0 Å². The fraction of sp³-hybridized carbons (Fsp3) is 0.400. The van der Waals surface area contributed by atoms with Gasteiger partial charge in [-0.15, -0.1) is 0 Å². The summed E-state index contributed by atoms with van der Waals surface area (Å²) < 4.78 is 48.9. The number of sulfonamides is 2. The Morgan fingerprint density at radius 2 is 1.61 bits per heavy atom. The summed E-state index contributed by atoms with van der Waals surface area (Å²) in [5, 5.41) is 4.99. The van der Waals surface area contributed by atoms with Crippen LogP contribution >= 0.6 is 0 Å². The summed E-state index contributed by atoms with van der Waals surface area (Å²) >= 11 is 0. The molecule has 18 heavy (non-hydrogen) atoms. The molecule has 1 rings (SSSR count). The highest BCUT2D eigenvalue weighted by Gasteiger charge is 2.23. The predicted molar refractivity (Wildman–Crippen MR) is 67.8 cm³/mol. The summed E-state index contributed by atoms with van der Waals surface area (Å²) in [4.78, 5) is -0.727. The molecular weight excluding hydrogens is 276 g/mol. The number of rotatable bonds is 5. The maximum absolute atomic E-state index is 12.0. The van der Waals surface area contributed by atoms with Gasteiger partial charge in [-0.25, -0.2) is 26.7 Å². The van der Waals surface area contributed by atoms with Crippen LogP contribution in [0.25, 0.3) is 0 Å². The van der Waals surface area contributed by atoms with Crippen molar-refractivity contribution in [2.24, 2.45) is 11.1 Å². The highest BCUT2D eigenvalue weighted by molar-refractivity contribution is 7.92. The SMILES string of the molecule is CC(C)CNS(=O)(=O)c1ccccc1S(N)(=O)=O. The minimum Gasteiger partial charge on any atom is -0.225 e. The molecule has 0 bridgehead atoms. The van der Waals surface area contributed by atoms with Crippen LogP contribution in [0.3, 0.4) is 0 Å². The van der Waals surface area contributed by atoms with Crippen molar-refractivity contribution in [1.82, 2.24) is 4.72 Å². The van der Waals surface area contributed by atoms with Gasteiger partial charge in [0.05, 0.1) is 0 Å². The molecule has 0 unspecified atom stereocenters. The van der Waals surface area contributed by atoms with E-state index in [0.29, 0.717) is 0 Å². The minimum atomic E-state index is -4.07. The van der Waals surface area contributed by atoms with Crippen molar-refractivity contribution in [2.75, 3.05) is 6.54 Å². The van der Waals surface area contributed by atoms with Crippen LogP contribution in [0.1, 0.15) is 13.8 Å². The first kappa shape index (κ1) is 15.1. The summed E-state index contributed by atoms with van der Waals surface area (Å²) in [7, 11) is -7.95. The lowest BCUT2D eigenvalue weighted by atomic mass is 10.2. The Labute approximate surface area is 107 Å². The molecule has 102 valence electrons. The van der Waals surface area contributed by atoms with Crippen molar-refractivity contribution in [1.29, 1.82) is 0 Å². The second-order valence-electron chi connectivity index (χ2n) is 4.24. The summed E-state index contributed by atoms with van der Waals surface area (Å²) in [6, 6.07) is 5.24. The van der Waals surface area contributed by atoms with Crippen LogP contribution in [-0.2, 0) is 20.0 Å². The summed E-state index contributed by atoms with van der Waals surface area (Å²) in [6.07, 6.45) is 0. The van der Waals surface area contributed by atoms with Crippen LogP contribution in [-0.4, -0.2) is 23.4 Å². The number of benzene rings is 1. The van der Waals surface area contributed by atoms with Crippen molar-refractivity contribution >= 4 is 20.0 Å². The molecule has 8 heteroatoms. The lowest BCUT2D eigenvalue weighted by molar-refractivity contribution is 0.555. The summed E-state index contributed by atoms with van der Waals surface area (Å²) in [5.41, 5.74) is 0. The monoisotopic (exact) mass is 292 g/mol. The highest BCUT2D eigenvalue weighted by atomic mass is 32.2. The second-order valence-corrected chi connectivity index (χ2v) is 7.50. The van der Waals surface area contributed by atoms with E-state index in [2.05, 4.69) is 4.72 Å². The molecule has 0 radical (unpaired) electrons. The number of nitrogens with two attached hydrogens (primary N) is 1. The molecule has 0 heterocycles. The maximum Gasteiger partial charge on any atom is 0.241 e. The zero-order valence-electron chi connectivity index (χ0n) is 10.1. The zero-order valence-corrected chi connectivity index (χ0v) is 11.8. The lowest BCUT2D eigenvalue weighted by Gasteiger charge is -2.11. The minimum absolute atomic E-state index is 0.112. The van der Waals surface area contributed by atoms with Gasteiger partial charge in [-0.05, 0) is 18.1 Å². The van der Waals surface area contributed by atoms with Gasteiger partial charge in [-0.3, -0.25) is 0 Å². The Balaban J connectivity index is 3.26. The molecule has 0 aromatic heterocycles. The second kappa shape index (κ2) is 5.35. The van der Waals surface area contributed by atoms with Gasteiger partial charge in [-0.1, -0.05) is 26.0 Å². The lowest BCUT2D eigenvalue weighted by Crippen LogP contribution is -2.29. The smallest absolute Gasteiger partial charge is 0.225 e. The number of hydrogen-bond acceptors (Lipinski definition) is 4. The summed E-state index contributed by atoms with van der Waals surface area (Å²) in [6.45, 7) is 3.91. The van der Waals surface area contributed by atoms with Crippen molar-refractivity contribution in [2.45, 2.75) is 23.6 Å². The quantitative estimate of drug-likeness (QED) is 0.812. The Morgan fingerprint density at radius 3 is 2.06 bits per heavy atom. The molecule has 0 amide bonds. The molecule has 0 aliphatic carbocycles. The molecule has 0 fully saturated rings. The zero-order chi connectivity index (χ0) is 14.0. The standard InChI is InChI=1S/C10H16N2O4S2/c1-8(2)7-12-18(15,16)10-6-4-3-5-9(10)17(11,13)14/h3-6,8,12H,7H2,1-2H3,(H2,11,13,14). The Kier molecular flexibility index (Phi) is 4.49. The van der Waals surface area contributed by atoms with Crippen LogP contribution in [0.4, 0.5) is 0 Å². The first-order chi connectivity index (χ1) is 8.14. The molecule has 0 saturated carbocycles. The molecule has 6 nitrogen and oxygen atoms in total. The van der Waals surface area contributed by atoms with Gasteiger partial charge in [0.1, 0.15) is 9.79 Å². The number of primary sulfonamides is 1. The first-order valence-corrected chi connectivity index (χ1v) is 8.29. The van der Waals surface area contributed by atoms with Crippen LogP contribution in [0.2, 0.25) is 0 Å². The van der Waals surface area contributed by atoms with E-state index in [4.69, 9.17) is 5.14 Å². The molecule has 0 aliphatic rings. The van der Waals surface area contributed by atoms with Crippen LogP contribution in [0, 0.1) is 5.92 Å². The van der Waals surface area contributed by atoms with E-state index in [1.165, 1.54) is 24.3 Å². The van der Waals surface area contributed by atoms with Gasteiger partial charge in [0.2, 0.25) is 20.0 Å². The molecule has 0 aliphatic heterocycles. The Hall–Kier alpha value is -0.960. The van der Waals surface area contributed by atoms with E-state index < -0.39 is 24.9 Å². The van der Waals surface area contributed by atoms with Crippen LogP contribution < -0.4 is 9.86 Å². The number of hydrogen-bond donors (Lipinski definition) is 2. The molecule has 0 spiro atoms. The summed E-state index contributed by atoms with van der Waals surface area (Å²) in [5.74, 6) is 0.112. The Morgan fingerprint density at radius 1 is 1.11 bits per heavy atom. The van der Waals surface area contributed by atoms with Crippen molar-refractivity contribution in [3.63, 3.8) is 0 Å². The number of nitrogens with one attached hydrogen (secondary N) is 1. The van der Waals surface area contributed by atoms with E-state index in [9.17, 15) is 16.8 Å². The fourth-order valence-electron chi connectivity index (χ4n) is 1.26. The van der Waals surface area contributed by atoms with E-state index in [1.54, 1.807) is 0 Å². The van der Waals surface area contributed by atoms with E-state index >= 15 is 0 Å². The van der Waals surface area contributed by atoms with Crippen molar-refractivity contribution in [3.05, 3.63) is 24.3 Å². The van der Waals surface area contributed by atoms with Gasteiger partial charge in [0.25, 0.3) is 0 Å². The average Bonchev–Trinajstić information content (AvgIpc) is 2.25. The maximum atomic E-state index is 12.0. The molecule has 1 aromatic rings. The van der Waals surface area contributed by atoms with Gasteiger partial charge in [0.15, 0.2) is 0 Å². The average molecular weight is 292 g/mol. The molecule has 3 N–H and O–H groups in total. The fourth-order valence-corrected chi connectivity index (χ4v) is 3.85. The van der Waals surface area contributed by atoms with E-state index in [-0.39, 0.29) is 17.4 Å². The first-order valence-electron chi connectivity index (χ1n) is 5.26.